The highest BCUT2D eigenvalue weighted by molar-refractivity contribution is 7.22. The lowest BCUT2D eigenvalue weighted by molar-refractivity contribution is -0.121. The Bertz CT molecular complexity index is 927. The highest BCUT2D eigenvalue weighted by atomic mass is 32.1. The van der Waals surface area contributed by atoms with Crippen molar-refractivity contribution in [3.8, 4) is 0 Å². The molecule has 4 amide bonds. The second kappa shape index (κ2) is 7.16. The molecule has 0 aliphatic carbocycles. The Kier molecular flexibility index (Phi) is 5.18. The summed E-state index contributed by atoms with van der Waals surface area (Å²) in [6.45, 7) is 10.4. The Morgan fingerprint density at radius 3 is 2.39 bits per heavy atom. The van der Waals surface area contributed by atoms with Crippen molar-refractivity contribution in [1.29, 1.82) is 0 Å². The van der Waals surface area contributed by atoms with E-state index in [4.69, 9.17) is 0 Å². The molecular formula is C20H26N4O3S. The van der Waals surface area contributed by atoms with Crippen molar-refractivity contribution in [2.75, 3.05) is 10.2 Å². The number of nitrogens with zero attached hydrogens (tertiary/aromatic N) is 2. The van der Waals surface area contributed by atoms with E-state index < -0.39 is 0 Å². The minimum absolute atomic E-state index is 0.0964. The van der Waals surface area contributed by atoms with Crippen LogP contribution in [0.2, 0.25) is 0 Å². The maximum atomic E-state index is 12.4. The molecule has 0 unspecified atom stereocenters. The third kappa shape index (κ3) is 4.67. The largest absolute Gasteiger partial charge is 0.333 e. The summed E-state index contributed by atoms with van der Waals surface area (Å²) in [5, 5.41) is 6.25. The van der Waals surface area contributed by atoms with Crippen LogP contribution in [0.25, 0.3) is 10.2 Å². The maximum Gasteiger partial charge on any atom is 0.319 e. The van der Waals surface area contributed by atoms with Crippen LogP contribution >= 0.6 is 11.3 Å². The van der Waals surface area contributed by atoms with Gasteiger partial charge in [0, 0.05) is 24.1 Å². The molecule has 1 saturated heterocycles. The van der Waals surface area contributed by atoms with E-state index in [1.54, 1.807) is 18.2 Å². The molecule has 1 aliphatic rings. The van der Waals surface area contributed by atoms with Crippen molar-refractivity contribution in [1.82, 2.24) is 10.3 Å². The fourth-order valence-corrected chi connectivity index (χ4v) is 4.76. The zero-order valence-corrected chi connectivity index (χ0v) is 17.7. The van der Waals surface area contributed by atoms with Gasteiger partial charge in [-0.2, -0.15) is 0 Å². The number of imide groups is 1. The third-order valence-electron chi connectivity index (χ3n) is 4.30. The van der Waals surface area contributed by atoms with E-state index in [9.17, 15) is 14.4 Å². The number of fused-ring (bicyclic) bond motifs is 1. The quantitative estimate of drug-likeness (QED) is 0.747. The first-order chi connectivity index (χ1) is 12.9. The van der Waals surface area contributed by atoms with Gasteiger partial charge in [0.15, 0.2) is 5.13 Å². The summed E-state index contributed by atoms with van der Waals surface area (Å²) in [5.74, 6) is -0.439. The van der Waals surface area contributed by atoms with E-state index in [1.807, 2.05) is 13.8 Å². The molecular weight excluding hydrogens is 376 g/mol. The van der Waals surface area contributed by atoms with Gasteiger partial charge in [-0.15, -0.1) is 0 Å². The second-order valence-corrected chi connectivity index (χ2v) is 10.0. The predicted molar refractivity (Wildman–Crippen MR) is 112 cm³/mol. The molecule has 150 valence electrons. The molecule has 2 N–H and O–H groups in total. The molecule has 0 atom stereocenters. The number of nitrogens with one attached hydrogen (secondary N) is 2. The summed E-state index contributed by atoms with van der Waals surface area (Å²) in [6.07, 6.45) is 1.29. The predicted octanol–water partition coefficient (Wildman–Crippen LogP) is 4.29. The summed E-state index contributed by atoms with van der Waals surface area (Å²) >= 11 is 1.27. The van der Waals surface area contributed by atoms with Crippen LogP contribution in [0.1, 0.15) is 53.9 Å². The number of aromatic nitrogens is 1. The number of carbonyl (C=O) groups is 3. The van der Waals surface area contributed by atoms with E-state index in [0.717, 1.165) is 16.0 Å². The topological polar surface area (TPSA) is 91.4 Å². The average Bonchev–Trinajstić information content (AvgIpc) is 3.06. The van der Waals surface area contributed by atoms with E-state index >= 15 is 0 Å². The lowest BCUT2D eigenvalue weighted by Crippen LogP contribution is -2.47. The van der Waals surface area contributed by atoms with Crippen molar-refractivity contribution < 1.29 is 14.4 Å². The number of amides is 4. The number of carbonyl (C=O) groups excluding carboxylic acids is 3. The van der Waals surface area contributed by atoms with Crippen molar-refractivity contribution in [2.24, 2.45) is 5.41 Å². The molecule has 3 rings (SSSR count). The van der Waals surface area contributed by atoms with Crippen LogP contribution in [0.3, 0.4) is 0 Å². The number of hydrogen-bond acceptors (Lipinski definition) is 5. The van der Waals surface area contributed by atoms with Gasteiger partial charge in [-0.05, 0) is 43.9 Å². The van der Waals surface area contributed by atoms with Gasteiger partial charge in [0.05, 0.1) is 10.2 Å². The van der Waals surface area contributed by atoms with E-state index in [2.05, 4.69) is 36.4 Å². The summed E-state index contributed by atoms with van der Waals surface area (Å²) in [5.41, 5.74) is 1.07. The fourth-order valence-electron chi connectivity index (χ4n) is 3.72. The lowest BCUT2D eigenvalue weighted by Gasteiger charge is -2.33. The van der Waals surface area contributed by atoms with Crippen LogP contribution in [0, 0.1) is 5.41 Å². The van der Waals surface area contributed by atoms with Gasteiger partial charge >= 0.3 is 6.03 Å². The number of rotatable bonds is 4. The summed E-state index contributed by atoms with van der Waals surface area (Å²) in [7, 11) is 0. The van der Waals surface area contributed by atoms with Crippen LogP contribution in [0.5, 0.6) is 0 Å². The van der Waals surface area contributed by atoms with Crippen molar-refractivity contribution in [2.45, 2.75) is 59.4 Å². The van der Waals surface area contributed by atoms with E-state index in [0.29, 0.717) is 16.3 Å². The molecule has 0 radical (unpaired) electrons. The summed E-state index contributed by atoms with van der Waals surface area (Å²) in [6, 6.07) is 5.06. The smallest absolute Gasteiger partial charge is 0.319 e. The Morgan fingerprint density at radius 1 is 1.14 bits per heavy atom. The molecule has 1 fully saturated rings. The third-order valence-corrected chi connectivity index (χ3v) is 5.31. The molecule has 7 nitrogen and oxygen atoms in total. The monoisotopic (exact) mass is 402 g/mol. The number of hydrogen-bond donors (Lipinski definition) is 2. The zero-order chi connectivity index (χ0) is 20.7. The van der Waals surface area contributed by atoms with Crippen LogP contribution in [0.15, 0.2) is 18.2 Å². The molecule has 1 aliphatic heterocycles. The van der Waals surface area contributed by atoms with Gasteiger partial charge in [0.25, 0.3) is 0 Å². The van der Waals surface area contributed by atoms with Gasteiger partial charge in [0.1, 0.15) is 0 Å². The Labute approximate surface area is 168 Å². The molecule has 0 spiro atoms. The van der Waals surface area contributed by atoms with E-state index in [1.165, 1.54) is 11.3 Å². The zero-order valence-electron chi connectivity index (χ0n) is 16.9. The van der Waals surface area contributed by atoms with Crippen molar-refractivity contribution in [3.05, 3.63) is 18.2 Å². The number of anilines is 2. The van der Waals surface area contributed by atoms with Crippen molar-refractivity contribution >= 4 is 50.2 Å². The summed E-state index contributed by atoms with van der Waals surface area (Å²) < 4.78 is 0.800. The Hall–Kier alpha value is -2.48. The molecule has 2 aromatic rings. The van der Waals surface area contributed by atoms with Crippen LogP contribution < -0.4 is 15.5 Å². The van der Waals surface area contributed by atoms with Crippen LogP contribution in [-0.4, -0.2) is 28.4 Å². The fraction of sp³-hybridized carbons (Fsp3) is 0.500. The first kappa shape index (κ1) is 20.3. The standard InChI is InChI=1S/C20H26N4O3S/c1-19(2,3)11-20(4,5)23-17(27)21-12-6-7-13-14(10-12)28-18(22-13)24-15(25)8-9-16(24)26/h6-7,10H,8-9,11H2,1-5H3,(H2,21,23,27). The highest BCUT2D eigenvalue weighted by Gasteiger charge is 2.32. The molecule has 0 bridgehead atoms. The van der Waals surface area contributed by atoms with Crippen LogP contribution in [0.4, 0.5) is 15.6 Å². The summed E-state index contributed by atoms with van der Waals surface area (Å²) in [4.78, 5) is 41.8. The number of thiazole rings is 1. The van der Waals surface area contributed by atoms with Crippen LogP contribution in [-0.2, 0) is 9.59 Å². The first-order valence-electron chi connectivity index (χ1n) is 9.29. The van der Waals surface area contributed by atoms with E-state index in [-0.39, 0.29) is 41.6 Å². The molecule has 1 aromatic carbocycles. The highest BCUT2D eigenvalue weighted by Crippen LogP contribution is 2.33. The van der Waals surface area contributed by atoms with Gasteiger partial charge in [-0.3, -0.25) is 9.59 Å². The first-order valence-corrected chi connectivity index (χ1v) is 10.1. The minimum atomic E-state index is -0.347. The SMILES string of the molecule is CC(C)(C)CC(C)(C)NC(=O)Nc1ccc2nc(N3C(=O)CCC3=O)sc2c1. The second-order valence-electron chi connectivity index (χ2n) is 9.00. The maximum absolute atomic E-state index is 12.4. The molecule has 8 heteroatoms. The number of urea groups is 1. The minimum Gasteiger partial charge on any atom is -0.333 e. The lowest BCUT2D eigenvalue weighted by atomic mass is 9.82. The average molecular weight is 403 g/mol. The van der Waals surface area contributed by atoms with Gasteiger partial charge < -0.3 is 10.6 Å². The normalized spacial score (nSPS) is 15.4. The molecule has 0 saturated carbocycles. The van der Waals surface area contributed by atoms with Gasteiger partial charge in [0.2, 0.25) is 11.8 Å². The molecule has 28 heavy (non-hydrogen) atoms. The number of benzene rings is 1. The Morgan fingerprint density at radius 2 is 1.79 bits per heavy atom. The molecule has 2 heterocycles. The van der Waals surface area contributed by atoms with Crippen molar-refractivity contribution in [3.63, 3.8) is 0 Å². The van der Waals surface area contributed by atoms with Gasteiger partial charge in [-0.25, -0.2) is 14.7 Å². The Balaban J connectivity index is 1.73. The van der Waals surface area contributed by atoms with Gasteiger partial charge in [-0.1, -0.05) is 32.1 Å². The molecule has 1 aromatic heterocycles.